The molecular formula is C9H10F3N3O. The van der Waals surface area contributed by atoms with Crippen LogP contribution in [0.3, 0.4) is 0 Å². The molecular weight excluding hydrogens is 223 g/mol. The van der Waals surface area contributed by atoms with Gasteiger partial charge in [-0.05, 0) is 13.3 Å². The molecule has 1 aliphatic rings. The first-order valence-electron chi connectivity index (χ1n) is 4.75. The lowest BCUT2D eigenvalue weighted by Crippen LogP contribution is -2.38. The average molecular weight is 233 g/mol. The maximum Gasteiger partial charge on any atom is 0.419 e. The third kappa shape index (κ3) is 1.56. The third-order valence-corrected chi connectivity index (χ3v) is 2.80. The van der Waals surface area contributed by atoms with Crippen molar-refractivity contribution in [1.82, 2.24) is 15.1 Å². The van der Waals surface area contributed by atoms with Crippen LogP contribution in [0, 0.1) is 0 Å². The number of nitrogens with zero attached hydrogens (tertiary/aromatic N) is 2. The lowest BCUT2D eigenvalue weighted by molar-refractivity contribution is -0.138. The predicted molar refractivity (Wildman–Crippen MR) is 48.5 cm³/mol. The molecule has 7 heteroatoms. The largest absolute Gasteiger partial charge is 0.419 e. The number of rotatable bonds is 1. The van der Waals surface area contributed by atoms with Crippen LogP contribution in [0.4, 0.5) is 13.2 Å². The fraction of sp³-hybridized carbons (Fsp3) is 0.556. The Kier molecular flexibility index (Phi) is 2.21. The Morgan fingerprint density at radius 1 is 1.56 bits per heavy atom. The third-order valence-electron chi connectivity index (χ3n) is 2.80. The Balaban J connectivity index is 2.35. The van der Waals surface area contributed by atoms with E-state index in [-0.39, 0.29) is 5.91 Å². The predicted octanol–water partition coefficient (Wildman–Crippen LogP) is 1.14. The number of hydrogen-bond acceptors (Lipinski definition) is 2. The van der Waals surface area contributed by atoms with Gasteiger partial charge in [0.05, 0.1) is 11.8 Å². The van der Waals surface area contributed by atoms with E-state index in [1.54, 1.807) is 6.92 Å². The van der Waals surface area contributed by atoms with Crippen molar-refractivity contribution >= 4 is 5.91 Å². The molecule has 1 aliphatic heterocycles. The van der Waals surface area contributed by atoms with Crippen molar-refractivity contribution in [3.8, 4) is 0 Å². The van der Waals surface area contributed by atoms with Gasteiger partial charge in [0.25, 0.3) is 0 Å². The van der Waals surface area contributed by atoms with E-state index in [9.17, 15) is 18.0 Å². The van der Waals surface area contributed by atoms with Gasteiger partial charge in [-0.15, -0.1) is 0 Å². The van der Waals surface area contributed by atoms with Crippen LogP contribution >= 0.6 is 0 Å². The smallest absolute Gasteiger partial charge is 0.354 e. The van der Waals surface area contributed by atoms with Crippen molar-refractivity contribution in [2.24, 2.45) is 0 Å². The quantitative estimate of drug-likeness (QED) is 0.790. The van der Waals surface area contributed by atoms with Crippen LogP contribution in [0.15, 0.2) is 12.4 Å². The molecule has 16 heavy (non-hydrogen) atoms. The Labute approximate surface area is 89.4 Å². The van der Waals surface area contributed by atoms with Gasteiger partial charge in [0.15, 0.2) is 0 Å². The van der Waals surface area contributed by atoms with Crippen LogP contribution in [0.25, 0.3) is 0 Å². The van der Waals surface area contributed by atoms with Gasteiger partial charge >= 0.3 is 6.18 Å². The summed E-state index contributed by atoms with van der Waals surface area (Å²) in [5.74, 6) is -0.302. The fourth-order valence-corrected chi connectivity index (χ4v) is 1.68. The highest BCUT2D eigenvalue weighted by molar-refractivity contribution is 5.85. The van der Waals surface area contributed by atoms with E-state index in [0.717, 1.165) is 17.1 Å². The number of carbonyl (C=O) groups is 1. The van der Waals surface area contributed by atoms with E-state index < -0.39 is 17.3 Å². The fourth-order valence-electron chi connectivity index (χ4n) is 1.68. The van der Waals surface area contributed by atoms with Gasteiger partial charge in [-0.25, -0.2) is 0 Å². The summed E-state index contributed by atoms with van der Waals surface area (Å²) in [6, 6.07) is 0. The molecule has 1 saturated heterocycles. The number of aromatic nitrogens is 2. The monoisotopic (exact) mass is 233 g/mol. The number of amides is 1. The Morgan fingerprint density at radius 3 is 2.69 bits per heavy atom. The number of hydrogen-bond donors (Lipinski definition) is 1. The van der Waals surface area contributed by atoms with Gasteiger partial charge in [-0.1, -0.05) is 0 Å². The summed E-state index contributed by atoms with van der Waals surface area (Å²) in [6.07, 6.45) is -2.39. The van der Waals surface area contributed by atoms with Crippen molar-refractivity contribution in [2.75, 3.05) is 6.54 Å². The molecule has 0 aliphatic carbocycles. The van der Waals surface area contributed by atoms with Crippen molar-refractivity contribution in [3.63, 3.8) is 0 Å². The van der Waals surface area contributed by atoms with Crippen molar-refractivity contribution in [2.45, 2.75) is 25.1 Å². The average Bonchev–Trinajstić information content (AvgIpc) is 2.74. The first-order chi connectivity index (χ1) is 7.34. The van der Waals surface area contributed by atoms with Crippen LogP contribution in [0.5, 0.6) is 0 Å². The minimum absolute atomic E-state index is 0.302. The summed E-state index contributed by atoms with van der Waals surface area (Å²) in [6.45, 7) is 2.03. The molecule has 1 amide bonds. The molecule has 1 aromatic heterocycles. The molecule has 1 fully saturated rings. The molecule has 88 valence electrons. The molecule has 0 radical (unpaired) electrons. The summed E-state index contributed by atoms with van der Waals surface area (Å²) in [7, 11) is 0. The van der Waals surface area contributed by atoms with Gasteiger partial charge in [-0.2, -0.15) is 18.3 Å². The summed E-state index contributed by atoms with van der Waals surface area (Å²) < 4.78 is 38.2. The Morgan fingerprint density at radius 2 is 2.25 bits per heavy atom. The van der Waals surface area contributed by atoms with Gasteiger partial charge in [0, 0.05) is 12.7 Å². The van der Waals surface area contributed by atoms with E-state index in [4.69, 9.17) is 0 Å². The van der Waals surface area contributed by atoms with Crippen LogP contribution in [-0.2, 0) is 16.5 Å². The van der Waals surface area contributed by atoms with E-state index in [2.05, 4.69) is 10.4 Å². The number of carbonyl (C=O) groups excluding carboxylic acids is 1. The van der Waals surface area contributed by atoms with E-state index in [0.29, 0.717) is 13.0 Å². The standard InChI is InChI=1S/C9H10F3N3O/c1-8(2-3-13-7(8)16)15-5-6(4-14-15)9(10,11)12/h4-5H,2-3H2,1H3,(H,13,16). The van der Waals surface area contributed by atoms with Crippen LogP contribution in [-0.4, -0.2) is 22.2 Å². The van der Waals surface area contributed by atoms with Gasteiger partial charge in [0.2, 0.25) is 5.91 Å². The zero-order valence-corrected chi connectivity index (χ0v) is 8.51. The zero-order chi connectivity index (χ0) is 12.0. The minimum atomic E-state index is -4.43. The summed E-state index contributed by atoms with van der Waals surface area (Å²) in [5, 5.41) is 6.20. The molecule has 4 nitrogen and oxygen atoms in total. The highest BCUT2D eigenvalue weighted by Gasteiger charge is 2.42. The van der Waals surface area contributed by atoms with Crippen LogP contribution in [0.1, 0.15) is 18.9 Å². The molecule has 0 bridgehead atoms. The molecule has 1 aromatic rings. The zero-order valence-electron chi connectivity index (χ0n) is 8.51. The Hall–Kier alpha value is -1.53. The highest BCUT2D eigenvalue weighted by atomic mass is 19.4. The van der Waals surface area contributed by atoms with Crippen LogP contribution in [0.2, 0.25) is 0 Å². The molecule has 1 atom stereocenters. The maximum absolute atomic E-state index is 12.4. The number of nitrogens with one attached hydrogen (secondary N) is 1. The second kappa shape index (κ2) is 3.23. The van der Waals surface area contributed by atoms with Gasteiger partial charge < -0.3 is 5.32 Å². The van der Waals surface area contributed by atoms with Crippen LogP contribution < -0.4 is 5.32 Å². The van der Waals surface area contributed by atoms with Gasteiger partial charge in [0.1, 0.15) is 5.54 Å². The lowest BCUT2D eigenvalue weighted by atomic mass is 10.0. The maximum atomic E-state index is 12.4. The minimum Gasteiger partial charge on any atom is -0.354 e. The second-order valence-corrected chi connectivity index (χ2v) is 3.95. The molecule has 2 heterocycles. The van der Waals surface area contributed by atoms with E-state index in [1.807, 2.05) is 0 Å². The Bertz CT molecular complexity index is 426. The molecule has 1 unspecified atom stereocenters. The molecule has 1 N–H and O–H groups in total. The van der Waals surface area contributed by atoms with E-state index in [1.165, 1.54) is 0 Å². The van der Waals surface area contributed by atoms with Crippen molar-refractivity contribution < 1.29 is 18.0 Å². The lowest BCUT2D eigenvalue weighted by Gasteiger charge is -2.20. The first-order valence-corrected chi connectivity index (χ1v) is 4.75. The SMILES string of the molecule is CC1(n2cc(C(F)(F)F)cn2)CCNC1=O. The normalized spacial score (nSPS) is 25.9. The first kappa shape index (κ1) is 11.0. The highest BCUT2D eigenvalue weighted by Crippen LogP contribution is 2.31. The summed E-state index contributed by atoms with van der Waals surface area (Å²) in [5.41, 5.74) is -1.85. The number of alkyl halides is 3. The molecule has 0 aromatic carbocycles. The molecule has 2 rings (SSSR count). The molecule has 0 spiro atoms. The van der Waals surface area contributed by atoms with Crippen molar-refractivity contribution in [1.29, 1.82) is 0 Å². The van der Waals surface area contributed by atoms with E-state index >= 15 is 0 Å². The van der Waals surface area contributed by atoms with Gasteiger partial charge in [-0.3, -0.25) is 9.48 Å². The topological polar surface area (TPSA) is 46.9 Å². The second-order valence-electron chi connectivity index (χ2n) is 3.95. The number of halogens is 3. The summed E-state index contributed by atoms with van der Waals surface area (Å²) in [4.78, 5) is 11.5. The molecule has 0 saturated carbocycles. The summed E-state index contributed by atoms with van der Waals surface area (Å²) >= 11 is 0. The van der Waals surface area contributed by atoms with Crippen molar-refractivity contribution in [3.05, 3.63) is 18.0 Å².